The topological polar surface area (TPSA) is 29.5 Å². The fraction of sp³-hybridized carbons (Fsp3) is 0.278. The summed E-state index contributed by atoms with van der Waals surface area (Å²) in [5, 5.41) is 0.952. The largest absolute Gasteiger partial charge is 0.479 e. The number of nitrogens with zero attached hydrogens (tertiary/aromatic N) is 1. The quantitative estimate of drug-likeness (QED) is 0.800. The molecule has 5 heteroatoms. The van der Waals surface area contributed by atoms with Gasteiger partial charge in [-0.25, -0.2) is 0 Å². The standard InChI is InChI=1S/C18H17Cl2NO2/c1-11-9-13-5-3-4-6-16(13)21(11)18(22)12(2)23-17-10-14(19)7-8-15(17)20/h3-8,10-12H,9H2,1-2H3/t11-,12+/m0/s1. The molecule has 0 aromatic heterocycles. The summed E-state index contributed by atoms with van der Waals surface area (Å²) in [6, 6.07) is 13.0. The lowest BCUT2D eigenvalue weighted by molar-refractivity contribution is -0.124. The second-order valence-electron chi connectivity index (χ2n) is 5.72. The molecule has 0 radical (unpaired) electrons. The molecule has 1 aliphatic heterocycles. The molecule has 120 valence electrons. The van der Waals surface area contributed by atoms with Crippen molar-refractivity contribution < 1.29 is 9.53 Å². The van der Waals surface area contributed by atoms with Gasteiger partial charge in [-0.3, -0.25) is 4.79 Å². The first-order chi connectivity index (χ1) is 11.0. The third-order valence-corrected chi connectivity index (χ3v) is 4.54. The van der Waals surface area contributed by atoms with Gasteiger partial charge in [0.1, 0.15) is 5.75 Å². The number of hydrogen-bond donors (Lipinski definition) is 0. The van der Waals surface area contributed by atoms with E-state index in [4.69, 9.17) is 27.9 Å². The van der Waals surface area contributed by atoms with Crippen molar-refractivity contribution in [3.63, 3.8) is 0 Å². The number of ether oxygens (including phenoxy) is 1. The number of amides is 1. The lowest BCUT2D eigenvalue weighted by atomic mass is 10.1. The summed E-state index contributed by atoms with van der Waals surface area (Å²) < 4.78 is 5.76. The maximum absolute atomic E-state index is 12.8. The molecule has 1 aliphatic rings. The van der Waals surface area contributed by atoms with Crippen molar-refractivity contribution in [3.8, 4) is 5.75 Å². The van der Waals surface area contributed by atoms with E-state index in [0.717, 1.165) is 12.1 Å². The molecular weight excluding hydrogens is 333 g/mol. The number of benzene rings is 2. The molecule has 23 heavy (non-hydrogen) atoms. The Hall–Kier alpha value is -1.71. The third kappa shape index (κ3) is 3.17. The molecule has 0 fully saturated rings. The zero-order chi connectivity index (χ0) is 16.6. The van der Waals surface area contributed by atoms with Crippen molar-refractivity contribution in [2.75, 3.05) is 4.90 Å². The van der Waals surface area contributed by atoms with Crippen LogP contribution in [0.3, 0.4) is 0 Å². The van der Waals surface area contributed by atoms with Crippen LogP contribution in [-0.4, -0.2) is 18.1 Å². The molecule has 0 saturated carbocycles. The van der Waals surface area contributed by atoms with Crippen molar-refractivity contribution in [1.29, 1.82) is 0 Å². The van der Waals surface area contributed by atoms with Crippen LogP contribution < -0.4 is 9.64 Å². The van der Waals surface area contributed by atoms with Crippen molar-refractivity contribution in [2.45, 2.75) is 32.4 Å². The summed E-state index contributed by atoms with van der Waals surface area (Å²) in [7, 11) is 0. The van der Waals surface area contributed by atoms with Crippen molar-refractivity contribution in [3.05, 3.63) is 58.1 Å². The smallest absolute Gasteiger partial charge is 0.268 e. The highest BCUT2D eigenvalue weighted by Crippen LogP contribution is 2.33. The van der Waals surface area contributed by atoms with Crippen molar-refractivity contribution in [2.24, 2.45) is 0 Å². The Morgan fingerprint density at radius 2 is 2.00 bits per heavy atom. The van der Waals surface area contributed by atoms with E-state index in [9.17, 15) is 4.79 Å². The number of hydrogen-bond acceptors (Lipinski definition) is 2. The van der Waals surface area contributed by atoms with Gasteiger partial charge in [-0.15, -0.1) is 0 Å². The van der Waals surface area contributed by atoms with Gasteiger partial charge < -0.3 is 9.64 Å². The Morgan fingerprint density at radius 1 is 1.26 bits per heavy atom. The van der Waals surface area contributed by atoms with Gasteiger partial charge in [0.05, 0.1) is 5.02 Å². The molecule has 0 N–H and O–H groups in total. The third-order valence-electron chi connectivity index (χ3n) is 3.99. The normalized spacial score (nSPS) is 17.7. The van der Waals surface area contributed by atoms with E-state index in [0.29, 0.717) is 15.8 Å². The Balaban J connectivity index is 1.81. The fourth-order valence-electron chi connectivity index (χ4n) is 2.91. The van der Waals surface area contributed by atoms with Crippen molar-refractivity contribution >= 4 is 34.8 Å². The van der Waals surface area contributed by atoms with Crippen LogP contribution in [0.15, 0.2) is 42.5 Å². The molecule has 2 atom stereocenters. The molecule has 0 saturated heterocycles. The predicted molar refractivity (Wildman–Crippen MR) is 93.6 cm³/mol. The molecule has 1 amide bonds. The highest BCUT2D eigenvalue weighted by molar-refractivity contribution is 6.34. The minimum Gasteiger partial charge on any atom is -0.479 e. The Bertz CT molecular complexity index is 748. The van der Waals surface area contributed by atoms with Crippen LogP contribution in [-0.2, 0) is 11.2 Å². The van der Waals surface area contributed by atoms with Gasteiger partial charge in [0.15, 0.2) is 6.10 Å². The molecular formula is C18H17Cl2NO2. The summed E-state index contributed by atoms with van der Waals surface area (Å²) in [5.74, 6) is 0.332. The monoisotopic (exact) mass is 349 g/mol. The Kier molecular flexibility index (Phi) is 4.51. The molecule has 2 aromatic rings. The van der Waals surface area contributed by atoms with Crippen LogP contribution in [0.5, 0.6) is 5.75 Å². The van der Waals surface area contributed by atoms with E-state index in [2.05, 4.69) is 6.07 Å². The van der Waals surface area contributed by atoms with Crippen LogP contribution in [0.2, 0.25) is 10.0 Å². The second kappa shape index (κ2) is 6.42. The summed E-state index contributed by atoms with van der Waals surface area (Å²) in [6.07, 6.45) is 0.201. The van der Waals surface area contributed by atoms with Crippen LogP contribution in [0.4, 0.5) is 5.69 Å². The van der Waals surface area contributed by atoms with Crippen LogP contribution in [0.25, 0.3) is 0 Å². The van der Waals surface area contributed by atoms with Crippen molar-refractivity contribution in [1.82, 2.24) is 0 Å². The zero-order valence-electron chi connectivity index (χ0n) is 12.9. The van der Waals surface area contributed by atoms with E-state index < -0.39 is 6.10 Å². The first-order valence-corrected chi connectivity index (χ1v) is 8.25. The first-order valence-electron chi connectivity index (χ1n) is 7.50. The van der Waals surface area contributed by atoms with Gasteiger partial charge in [0, 0.05) is 22.8 Å². The maximum atomic E-state index is 12.8. The van der Waals surface area contributed by atoms with Gasteiger partial charge in [-0.2, -0.15) is 0 Å². The van der Waals surface area contributed by atoms with E-state index in [1.54, 1.807) is 30.0 Å². The molecule has 3 rings (SSSR count). The average molecular weight is 350 g/mol. The van der Waals surface area contributed by atoms with Crippen LogP contribution in [0, 0.1) is 0 Å². The Labute approximate surface area is 145 Å². The molecule has 0 spiro atoms. The highest BCUT2D eigenvalue weighted by atomic mass is 35.5. The van der Waals surface area contributed by atoms with Gasteiger partial charge in [-0.05, 0) is 44.0 Å². The van der Waals surface area contributed by atoms with Crippen LogP contribution in [0.1, 0.15) is 19.4 Å². The lowest BCUT2D eigenvalue weighted by Crippen LogP contribution is -2.43. The van der Waals surface area contributed by atoms with E-state index >= 15 is 0 Å². The average Bonchev–Trinajstić information content (AvgIpc) is 2.86. The molecule has 0 unspecified atom stereocenters. The summed E-state index contributed by atoms with van der Waals surface area (Å²) in [5.41, 5.74) is 2.14. The number of rotatable bonds is 3. The van der Waals surface area contributed by atoms with Gasteiger partial charge >= 0.3 is 0 Å². The number of anilines is 1. The second-order valence-corrected chi connectivity index (χ2v) is 6.57. The molecule has 2 aromatic carbocycles. The number of carbonyl (C=O) groups excluding carboxylic acids is 1. The lowest BCUT2D eigenvalue weighted by Gasteiger charge is -2.26. The maximum Gasteiger partial charge on any atom is 0.268 e. The fourth-order valence-corrected chi connectivity index (χ4v) is 3.23. The molecule has 3 nitrogen and oxygen atoms in total. The number of fused-ring (bicyclic) bond motifs is 1. The van der Waals surface area contributed by atoms with E-state index in [1.807, 2.05) is 25.1 Å². The summed E-state index contributed by atoms with van der Waals surface area (Å²) >= 11 is 12.1. The van der Waals surface area contributed by atoms with Gasteiger partial charge in [-0.1, -0.05) is 41.4 Å². The SMILES string of the molecule is C[C@@H](Oc1cc(Cl)ccc1Cl)C(=O)N1c2ccccc2C[C@@H]1C. The van der Waals surface area contributed by atoms with E-state index in [-0.39, 0.29) is 11.9 Å². The summed E-state index contributed by atoms with van der Waals surface area (Å²) in [4.78, 5) is 14.6. The highest BCUT2D eigenvalue weighted by Gasteiger charge is 2.34. The molecule has 0 aliphatic carbocycles. The predicted octanol–water partition coefficient (Wildman–Crippen LogP) is 4.74. The minimum absolute atomic E-state index is 0.0847. The minimum atomic E-state index is -0.653. The Morgan fingerprint density at radius 3 is 2.78 bits per heavy atom. The van der Waals surface area contributed by atoms with Crippen LogP contribution >= 0.6 is 23.2 Å². The van der Waals surface area contributed by atoms with E-state index in [1.165, 1.54) is 5.56 Å². The zero-order valence-corrected chi connectivity index (χ0v) is 14.4. The first kappa shape index (κ1) is 16.2. The molecule has 0 bridgehead atoms. The summed E-state index contributed by atoms with van der Waals surface area (Å²) in [6.45, 7) is 3.77. The number of halogens is 2. The number of carbonyl (C=O) groups is 1. The van der Waals surface area contributed by atoms with Gasteiger partial charge in [0.25, 0.3) is 5.91 Å². The number of para-hydroxylation sites is 1. The molecule has 1 heterocycles. The van der Waals surface area contributed by atoms with Gasteiger partial charge in [0.2, 0.25) is 0 Å².